The van der Waals surface area contributed by atoms with Crippen molar-refractivity contribution in [1.29, 1.82) is 0 Å². The number of amidine groups is 1. The number of nitrogens with one attached hydrogen (secondary N) is 1. The lowest BCUT2D eigenvalue weighted by Gasteiger charge is -2.24. The number of oxime groups is 1. The molecule has 0 atom stereocenters. The number of nitrogens with zero attached hydrogens (tertiary/aromatic N) is 1. The molecule has 0 unspecified atom stereocenters. The predicted molar refractivity (Wildman–Crippen MR) is 81.1 cm³/mol. The molecule has 0 heterocycles. The maximum atomic E-state index is 12.4. The predicted octanol–water partition coefficient (Wildman–Crippen LogP) is 2.83. The van der Waals surface area contributed by atoms with Gasteiger partial charge in [0, 0.05) is 5.69 Å². The van der Waals surface area contributed by atoms with E-state index in [1.54, 1.807) is 13.8 Å². The van der Waals surface area contributed by atoms with Crippen LogP contribution in [0.1, 0.15) is 44.7 Å². The number of para-hydroxylation sites is 1. The van der Waals surface area contributed by atoms with E-state index in [9.17, 15) is 4.79 Å². The first-order valence-corrected chi connectivity index (χ1v) is 6.60. The molecule has 0 aliphatic rings. The summed E-state index contributed by atoms with van der Waals surface area (Å²) in [5, 5.41) is 14.6. The van der Waals surface area contributed by atoms with Crippen molar-refractivity contribution < 1.29 is 10.0 Å². The van der Waals surface area contributed by atoms with Crippen molar-refractivity contribution in [3.05, 3.63) is 29.3 Å². The second-order valence-electron chi connectivity index (χ2n) is 5.76. The Morgan fingerprint density at radius 1 is 1.40 bits per heavy atom. The molecule has 1 aromatic rings. The molecule has 1 amide bonds. The number of carbonyl (C=O) groups excluding carboxylic acids is 1. The van der Waals surface area contributed by atoms with Crippen molar-refractivity contribution >= 4 is 17.4 Å². The zero-order valence-electron chi connectivity index (χ0n) is 12.7. The third kappa shape index (κ3) is 3.10. The summed E-state index contributed by atoms with van der Waals surface area (Å²) in [4.78, 5) is 12.4. The Balaban J connectivity index is 3.14. The van der Waals surface area contributed by atoms with E-state index in [1.807, 2.05) is 25.1 Å². The lowest BCUT2D eigenvalue weighted by molar-refractivity contribution is -0.121. The van der Waals surface area contributed by atoms with Crippen molar-refractivity contribution in [3.8, 4) is 0 Å². The number of amides is 1. The summed E-state index contributed by atoms with van der Waals surface area (Å²) >= 11 is 0. The number of anilines is 1. The lowest BCUT2D eigenvalue weighted by Crippen LogP contribution is -2.42. The molecule has 0 aliphatic heterocycles. The molecule has 0 radical (unpaired) electrons. The molecule has 1 rings (SSSR count). The molecule has 0 saturated heterocycles. The molecular formula is C15H23N3O2. The summed E-state index contributed by atoms with van der Waals surface area (Å²) in [6, 6.07) is 5.90. The molecule has 0 bridgehead atoms. The third-order valence-electron chi connectivity index (χ3n) is 3.48. The first kappa shape index (κ1) is 16.0. The van der Waals surface area contributed by atoms with Crippen LogP contribution in [-0.2, 0) is 4.79 Å². The first-order valence-electron chi connectivity index (χ1n) is 6.60. The quantitative estimate of drug-likeness (QED) is 0.342. The van der Waals surface area contributed by atoms with Crippen molar-refractivity contribution in [2.45, 2.75) is 40.5 Å². The molecule has 110 valence electrons. The van der Waals surface area contributed by atoms with Gasteiger partial charge < -0.3 is 16.3 Å². The average Bonchev–Trinajstić information content (AvgIpc) is 2.39. The molecule has 0 fully saturated rings. The second kappa shape index (κ2) is 5.94. The Hall–Kier alpha value is -2.04. The molecule has 1 aromatic carbocycles. The van der Waals surface area contributed by atoms with Crippen LogP contribution in [0.2, 0.25) is 0 Å². The van der Waals surface area contributed by atoms with E-state index in [1.165, 1.54) is 0 Å². The number of hydrogen-bond acceptors (Lipinski definition) is 3. The molecule has 5 nitrogen and oxygen atoms in total. The van der Waals surface area contributed by atoms with Gasteiger partial charge in [-0.25, -0.2) is 0 Å². The highest BCUT2D eigenvalue weighted by Gasteiger charge is 2.33. The fourth-order valence-corrected chi connectivity index (χ4v) is 1.85. The van der Waals surface area contributed by atoms with Crippen LogP contribution in [0.3, 0.4) is 0 Å². The van der Waals surface area contributed by atoms with E-state index >= 15 is 0 Å². The normalized spacial score (nSPS) is 12.6. The highest BCUT2D eigenvalue weighted by Crippen LogP contribution is 2.29. The zero-order chi connectivity index (χ0) is 15.5. The summed E-state index contributed by atoms with van der Waals surface area (Å²) < 4.78 is 0. The van der Waals surface area contributed by atoms with Crippen molar-refractivity contribution in [1.82, 2.24) is 0 Å². The van der Waals surface area contributed by atoms with Crippen molar-refractivity contribution in [2.24, 2.45) is 16.3 Å². The monoisotopic (exact) mass is 277 g/mol. The van der Waals surface area contributed by atoms with E-state index in [-0.39, 0.29) is 17.7 Å². The van der Waals surface area contributed by atoms with Gasteiger partial charge in [-0.05, 0) is 37.8 Å². The Morgan fingerprint density at radius 3 is 2.50 bits per heavy atom. The fourth-order valence-electron chi connectivity index (χ4n) is 1.85. The van der Waals surface area contributed by atoms with Crippen LogP contribution in [0.15, 0.2) is 23.4 Å². The van der Waals surface area contributed by atoms with Gasteiger partial charge in [0.25, 0.3) is 0 Å². The number of nitrogens with two attached hydrogens (primary N) is 1. The largest absolute Gasteiger partial charge is 0.409 e. The number of hydrogen-bond donors (Lipinski definition) is 3. The van der Waals surface area contributed by atoms with E-state index < -0.39 is 5.41 Å². The highest BCUT2D eigenvalue weighted by molar-refractivity contribution is 6.11. The van der Waals surface area contributed by atoms with Crippen LogP contribution in [-0.4, -0.2) is 17.0 Å². The zero-order valence-corrected chi connectivity index (χ0v) is 12.7. The molecule has 4 N–H and O–H groups in total. The second-order valence-corrected chi connectivity index (χ2v) is 5.76. The van der Waals surface area contributed by atoms with E-state index in [0.717, 1.165) is 16.8 Å². The summed E-state index contributed by atoms with van der Waals surface area (Å²) in [7, 11) is 0. The average molecular weight is 277 g/mol. The van der Waals surface area contributed by atoms with Gasteiger partial charge in [-0.2, -0.15) is 0 Å². The maximum Gasteiger partial charge on any atom is 0.237 e. The highest BCUT2D eigenvalue weighted by atomic mass is 16.4. The van der Waals surface area contributed by atoms with Crippen LogP contribution < -0.4 is 11.1 Å². The molecule has 0 aliphatic carbocycles. The Morgan fingerprint density at radius 2 is 2.00 bits per heavy atom. The van der Waals surface area contributed by atoms with Gasteiger partial charge in [0.1, 0.15) is 5.41 Å². The molecular weight excluding hydrogens is 254 g/mol. The molecule has 20 heavy (non-hydrogen) atoms. The summed E-state index contributed by atoms with van der Waals surface area (Å²) in [5.74, 6) is -0.129. The van der Waals surface area contributed by atoms with Crippen LogP contribution in [0.25, 0.3) is 0 Å². The van der Waals surface area contributed by atoms with Crippen LogP contribution >= 0.6 is 0 Å². The van der Waals surface area contributed by atoms with Crippen LogP contribution in [0.4, 0.5) is 5.69 Å². The molecule has 0 aromatic heterocycles. The summed E-state index contributed by atoms with van der Waals surface area (Å²) in [6.07, 6.45) is 0. The topological polar surface area (TPSA) is 87.7 Å². The van der Waals surface area contributed by atoms with E-state index in [0.29, 0.717) is 0 Å². The lowest BCUT2D eigenvalue weighted by atomic mass is 9.90. The van der Waals surface area contributed by atoms with Crippen LogP contribution in [0, 0.1) is 12.3 Å². The first-order chi connectivity index (χ1) is 9.21. The van der Waals surface area contributed by atoms with Crippen molar-refractivity contribution in [2.75, 3.05) is 5.32 Å². The van der Waals surface area contributed by atoms with Crippen molar-refractivity contribution in [3.63, 3.8) is 0 Å². The summed E-state index contributed by atoms with van der Waals surface area (Å²) in [6.45, 7) is 9.31. The minimum Gasteiger partial charge on any atom is -0.409 e. The van der Waals surface area contributed by atoms with Crippen LogP contribution in [0.5, 0.6) is 0 Å². The smallest absolute Gasteiger partial charge is 0.237 e. The standard InChI is InChI=1S/C15H23N3O2/c1-9(2)11-8-6-7-10(3)12(11)17-14(19)15(4,5)13(16)18-20/h6-9,20H,1-5H3,(H2,16,18)(H,17,19). The van der Waals surface area contributed by atoms with Gasteiger partial charge in [0.05, 0.1) is 0 Å². The molecule has 0 spiro atoms. The van der Waals surface area contributed by atoms with Gasteiger partial charge >= 0.3 is 0 Å². The van der Waals surface area contributed by atoms with Gasteiger partial charge in [0.2, 0.25) is 5.91 Å². The number of carbonyl (C=O) groups is 1. The minimum atomic E-state index is -1.08. The Labute approximate surface area is 119 Å². The fraction of sp³-hybridized carbons (Fsp3) is 0.467. The molecule has 0 saturated carbocycles. The minimum absolute atomic E-state index is 0.116. The maximum absolute atomic E-state index is 12.4. The van der Waals surface area contributed by atoms with E-state index in [4.69, 9.17) is 10.9 Å². The van der Waals surface area contributed by atoms with Gasteiger partial charge in [-0.3, -0.25) is 4.79 Å². The number of aryl methyl sites for hydroxylation is 1. The SMILES string of the molecule is Cc1cccc(C(C)C)c1NC(=O)C(C)(C)C(N)=NO. The van der Waals surface area contributed by atoms with Gasteiger partial charge in [0.15, 0.2) is 5.84 Å². The summed E-state index contributed by atoms with van der Waals surface area (Å²) in [5.41, 5.74) is 7.35. The Bertz CT molecular complexity index is 534. The third-order valence-corrected chi connectivity index (χ3v) is 3.48. The van der Waals surface area contributed by atoms with E-state index in [2.05, 4.69) is 24.3 Å². The Kier molecular flexibility index (Phi) is 4.76. The molecule has 5 heteroatoms. The van der Waals surface area contributed by atoms with Gasteiger partial charge in [-0.1, -0.05) is 37.2 Å². The number of benzene rings is 1. The number of rotatable bonds is 4. The van der Waals surface area contributed by atoms with Gasteiger partial charge in [-0.15, -0.1) is 0 Å².